The molecule has 0 aromatic heterocycles. The number of carbonyl (C=O) groups is 2. The average Bonchev–Trinajstić information content (AvgIpc) is 2.76. The van der Waals surface area contributed by atoms with Crippen LogP contribution in [0, 0.1) is 12.8 Å². The SMILES string of the molecule is Cc1ccc(Cl)c(NC(=O)N2CCC(C)C2C(=O)O)c1. The van der Waals surface area contributed by atoms with Crippen molar-refractivity contribution in [1.82, 2.24) is 4.90 Å². The van der Waals surface area contributed by atoms with E-state index in [1.165, 1.54) is 4.90 Å². The highest BCUT2D eigenvalue weighted by atomic mass is 35.5. The van der Waals surface area contributed by atoms with Crippen molar-refractivity contribution in [3.63, 3.8) is 0 Å². The van der Waals surface area contributed by atoms with Gasteiger partial charge in [0.15, 0.2) is 0 Å². The van der Waals surface area contributed by atoms with Gasteiger partial charge < -0.3 is 15.3 Å². The van der Waals surface area contributed by atoms with E-state index in [0.29, 0.717) is 23.7 Å². The number of hydrogen-bond acceptors (Lipinski definition) is 2. The Morgan fingerprint density at radius 1 is 1.45 bits per heavy atom. The van der Waals surface area contributed by atoms with Gasteiger partial charge >= 0.3 is 12.0 Å². The second-order valence-corrected chi connectivity index (χ2v) is 5.56. The predicted octanol–water partition coefficient (Wildman–Crippen LogP) is 2.98. The van der Waals surface area contributed by atoms with Crippen LogP contribution in [0.4, 0.5) is 10.5 Å². The van der Waals surface area contributed by atoms with E-state index in [9.17, 15) is 14.7 Å². The standard InChI is InChI=1S/C14H17ClN2O3/c1-8-3-4-10(15)11(7-8)16-14(20)17-6-5-9(2)12(17)13(18)19/h3-4,7,9,12H,5-6H2,1-2H3,(H,16,20)(H,18,19). The van der Waals surface area contributed by atoms with Crippen molar-refractivity contribution in [1.29, 1.82) is 0 Å². The molecule has 0 spiro atoms. The lowest BCUT2D eigenvalue weighted by Gasteiger charge is -2.24. The van der Waals surface area contributed by atoms with E-state index in [1.807, 2.05) is 19.9 Å². The Morgan fingerprint density at radius 3 is 2.80 bits per heavy atom. The van der Waals surface area contributed by atoms with Gasteiger partial charge in [0, 0.05) is 6.54 Å². The zero-order chi connectivity index (χ0) is 14.9. The first-order valence-electron chi connectivity index (χ1n) is 6.46. The number of likely N-dealkylation sites (tertiary alicyclic amines) is 1. The maximum atomic E-state index is 12.2. The van der Waals surface area contributed by atoms with E-state index in [2.05, 4.69) is 5.32 Å². The zero-order valence-corrected chi connectivity index (χ0v) is 12.1. The first kappa shape index (κ1) is 14.7. The zero-order valence-electron chi connectivity index (χ0n) is 11.4. The van der Waals surface area contributed by atoms with Crippen LogP contribution in [-0.4, -0.2) is 34.6 Å². The molecule has 2 rings (SSSR count). The number of carbonyl (C=O) groups excluding carboxylic acids is 1. The van der Waals surface area contributed by atoms with Crippen molar-refractivity contribution in [2.45, 2.75) is 26.3 Å². The lowest BCUT2D eigenvalue weighted by molar-refractivity contribution is -0.142. The molecule has 6 heteroatoms. The average molecular weight is 297 g/mol. The highest BCUT2D eigenvalue weighted by Crippen LogP contribution is 2.27. The first-order chi connectivity index (χ1) is 9.40. The number of aliphatic carboxylic acids is 1. The smallest absolute Gasteiger partial charge is 0.326 e. The maximum absolute atomic E-state index is 12.2. The fourth-order valence-electron chi connectivity index (χ4n) is 2.47. The molecular weight excluding hydrogens is 280 g/mol. The lowest BCUT2D eigenvalue weighted by atomic mass is 10.0. The molecule has 2 unspecified atom stereocenters. The number of benzene rings is 1. The van der Waals surface area contributed by atoms with E-state index < -0.39 is 18.0 Å². The topological polar surface area (TPSA) is 69.6 Å². The van der Waals surface area contributed by atoms with Gasteiger partial charge in [0.05, 0.1) is 10.7 Å². The first-order valence-corrected chi connectivity index (χ1v) is 6.84. The van der Waals surface area contributed by atoms with Gasteiger partial charge in [0.2, 0.25) is 0 Å². The van der Waals surface area contributed by atoms with Gasteiger partial charge in [-0.25, -0.2) is 9.59 Å². The maximum Gasteiger partial charge on any atom is 0.326 e. The number of nitrogens with zero attached hydrogens (tertiary/aromatic N) is 1. The summed E-state index contributed by atoms with van der Waals surface area (Å²) in [6.45, 7) is 4.17. The largest absolute Gasteiger partial charge is 0.480 e. The molecule has 20 heavy (non-hydrogen) atoms. The van der Waals surface area contributed by atoms with E-state index in [0.717, 1.165) is 5.56 Å². The van der Waals surface area contributed by atoms with Crippen molar-refractivity contribution in [3.05, 3.63) is 28.8 Å². The minimum atomic E-state index is -0.972. The number of amides is 2. The Kier molecular flexibility index (Phi) is 4.18. The summed E-state index contributed by atoms with van der Waals surface area (Å²) in [4.78, 5) is 24.8. The van der Waals surface area contributed by atoms with Gasteiger partial charge in [-0.1, -0.05) is 24.6 Å². The highest BCUT2D eigenvalue weighted by molar-refractivity contribution is 6.33. The summed E-state index contributed by atoms with van der Waals surface area (Å²) in [6, 6.07) is 4.10. The molecule has 2 amide bonds. The fraction of sp³-hybridized carbons (Fsp3) is 0.429. The summed E-state index contributed by atoms with van der Waals surface area (Å²) >= 11 is 6.03. The quantitative estimate of drug-likeness (QED) is 0.881. The number of hydrogen-bond donors (Lipinski definition) is 2. The molecule has 1 aliphatic rings. The monoisotopic (exact) mass is 296 g/mol. The van der Waals surface area contributed by atoms with Crippen LogP contribution in [-0.2, 0) is 4.79 Å². The molecular formula is C14H17ClN2O3. The third-order valence-electron chi connectivity index (χ3n) is 3.58. The van der Waals surface area contributed by atoms with Gasteiger partial charge in [-0.15, -0.1) is 0 Å². The third-order valence-corrected chi connectivity index (χ3v) is 3.91. The summed E-state index contributed by atoms with van der Waals surface area (Å²) in [5.74, 6) is -1.02. The summed E-state index contributed by atoms with van der Waals surface area (Å²) in [6.07, 6.45) is 0.686. The number of urea groups is 1. The van der Waals surface area contributed by atoms with Crippen molar-refractivity contribution in [2.24, 2.45) is 5.92 Å². The van der Waals surface area contributed by atoms with E-state index >= 15 is 0 Å². The van der Waals surface area contributed by atoms with Crippen molar-refractivity contribution < 1.29 is 14.7 Å². The van der Waals surface area contributed by atoms with Crippen LogP contribution in [0.1, 0.15) is 18.9 Å². The van der Waals surface area contributed by atoms with Crippen LogP contribution in [0.3, 0.4) is 0 Å². The second-order valence-electron chi connectivity index (χ2n) is 5.16. The molecule has 1 saturated heterocycles. The Hall–Kier alpha value is -1.75. The van der Waals surface area contributed by atoms with Crippen LogP contribution in [0.15, 0.2) is 18.2 Å². The van der Waals surface area contributed by atoms with Crippen molar-refractivity contribution >= 4 is 29.3 Å². The number of carboxylic acid groups (broad SMARTS) is 1. The van der Waals surface area contributed by atoms with Crippen LogP contribution < -0.4 is 5.32 Å². The van der Waals surface area contributed by atoms with Crippen LogP contribution >= 0.6 is 11.6 Å². The highest BCUT2D eigenvalue weighted by Gasteiger charge is 2.39. The minimum absolute atomic E-state index is 0.0498. The molecule has 0 radical (unpaired) electrons. The Morgan fingerprint density at radius 2 is 2.15 bits per heavy atom. The Bertz CT molecular complexity index is 547. The fourth-order valence-corrected chi connectivity index (χ4v) is 2.64. The van der Waals surface area contributed by atoms with Gasteiger partial charge in [-0.2, -0.15) is 0 Å². The molecule has 0 saturated carbocycles. The van der Waals surface area contributed by atoms with E-state index in [-0.39, 0.29) is 5.92 Å². The minimum Gasteiger partial charge on any atom is -0.480 e. The van der Waals surface area contributed by atoms with E-state index in [1.54, 1.807) is 12.1 Å². The van der Waals surface area contributed by atoms with Gasteiger partial charge in [-0.05, 0) is 37.0 Å². The number of carboxylic acids is 1. The summed E-state index contributed by atoms with van der Waals surface area (Å²) in [5, 5.41) is 12.3. The van der Waals surface area contributed by atoms with Crippen LogP contribution in [0.2, 0.25) is 5.02 Å². The van der Waals surface area contributed by atoms with Crippen molar-refractivity contribution in [3.8, 4) is 0 Å². The van der Waals surface area contributed by atoms with Crippen LogP contribution in [0.5, 0.6) is 0 Å². The van der Waals surface area contributed by atoms with E-state index in [4.69, 9.17) is 11.6 Å². The summed E-state index contributed by atoms with van der Waals surface area (Å²) in [5.41, 5.74) is 1.47. The molecule has 2 N–H and O–H groups in total. The summed E-state index contributed by atoms with van der Waals surface area (Å²) in [7, 11) is 0. The Balaban J connectivity index is 2.16. The molecule has 108 valence electrons. The van der Waals surface area contributed by atoms with Gasteiger partial charge in [-0.3, -0.25) is 0 Å². The van der Waals surface area contributed by atoms with Crippen LogP contribution in [0.25, 0.3) is 0 Å². The third kappa shape index (κ3) is 2.88. The molecule has 2 atom stereocenters. The molecule has 0 bridgehead atoms. The number of anilines is 1. The molecule has 1 heterocycles. The molecule has 1 aromatic rings. The predicted molar refractivity (Wildman–Crippen MR) is 77.1 cm³/mol. The van der Waals surface area contributed by atoms with Crippen molar-refractivity contribution in [2.75, 3.05) is 11.9 Å². The number of aryl methyl sites for hydroxylation is 1. The van der Waals surface area contributed by atoms with Gasteiger partial charge in [0.25, 0.3) is 0 Å². The molecule has 1 fully saturated rings. The molecule has 0 aliphatic carbocycles. The molecule has 5 nitrogen and oxygen atoms in total. The molecule has 1 aliphatic heterocycles. The number of rotatable bonds is 2. The Labute approximate surface area is 122 Å². The van der Waals surface area contributed by atoms with Gasteiger partial charge in [0.1, 0.15) is 6.04 Å². The second kappa shape index (κ2) is 5.71. The summed E-state index contributed by atoms with van der Waals surface area (Å²) < 4.78 is 0. The number of nitrogens with one attached hydrogen (secondary N) is 1. The normalized spacial score (nSPS) is 21.9. The number of halogens is 1. The molecule has 1 aromatic carbocycles. The lowest BCUT2D eigenvalue weighted by Crippen LogP contribution is -2.44.